The number of anilines is 1. The molecule has 0 fully saturated rings. The van der Waals surface area contributed by atoms with Gasteiger partial charge >= 0.3 is 0 Å². The molecule has 41 heavy (non-hydrogen) atoms. The first-order chi connectivity index (χ1) is 19.3. The first kappa shape index (κ1) is 33.0. The second kappa shape index (κ2) is 14.6. The molecule has 7 nitrogen and oxygen atoms in total. The lowest BCUT2D eigenvalue weighted by Crippen LogP contribution is -2.52. The molecule has 3 aromatic rings. The van der Waals surface area contributed by atoms with Crippen molar-refractivity contribution in [3.63, 3.8) is 0 Å². The fourth-order valence-electron chi connectivity index (χ4n) is 4.09. The molecule has 0 saturated heterocycles. The summed E-state index contributed by atoms with van der Waals surface area (Å²) in [5.41, 5.74) is 0.614. The van der Waals surface area contributed by atoms with Crippen LogP contribution in [0.3, 0.4) is 0 Å². The van der Waals surface area contributed by atoms with E-state index in [4.69, 9.17) is 46.4 Å². The van der Waals surface area contributed by atoms with Gasteiger partial charge in [-0.1, -0.05) is 79.3 Å². The Labute approximate surface area is 261 Å². The third-order valence-electron chi connectivity index (χ3n) is 6.24. The van der Waals surface area contributed by atoms with E-state index in [1.807, 2.05) is 13.8 Å². The quantitative estimate of drug-likeness (QED) is 0.225. The zero-order valence-corrected chi connectivity index (χ0v) is 26.6. The van der Waals surface area contributed by atoms with Gasteiger partial charge in [-0.15, -0.1) is 0 Å². The molecule has 1 N–H and O–H groups in total. The molecule has 0 radical (unpaired) electrons. The van der Waals surface area contributed by atoms with Crippen LogP contribution in [0.2, 0.25) is 20.1 Å². The van der Waals surface area contributed by atoms with E-state index in [2.05, 4.69) is 5.32 Å². The normalized spacial score (nSPS) is 12.2. The summed E-state index contributed by atoms with van der Waals surface area (Å²) in [7, 11) is -4.26. The second-order valence-electron chi connectivity index (χ2n) is 9.73. The summed E-state index contributed by atoms with van der Waals surface area (Å²) in [6.45, 7) is 5.35. The number of sulfonamides is 1. The van der Waals surface area contributed by atoms with Crippen LogP contribution in [0.5, 0.6) is 0 Å². The zero-order valence-electron chi connectivity index (χ0n) is 22.8. The Hall–Kier alpha value is -2.49. The van der Waals surface area contributed by atoms with Crippen LogP contribution in [0.25, 0.3) is 0 Å². The van der Waals surface area contributed by atoms with Gasteiger partial charge in [0.25, 0.3) is 10.0 Å². The first-order valence-electron chi connectivity index (χ1n) is 12.9. The lowest BCUT2D eigenvalue weighted by Gasteiger charge is -2.33. The van der Waals surface area contributed by atoms with Crippen molar-refractivity contribution < 1.29 is 18.0 Å². The molecule has 3 rings (SSSR count). The fourth-order valence-corrected chi connectivity index (χ4v) is 6.32. The highest BCUT2D eigenvalue weighted by molar-refractivity contribution is 7.92. The maximum absolute atomic E-state index is 14.1. The Bertz CT molecular complexity index is 1460. The summed E-state index contributed by atoms with van der Waals surface area (Å²) < 4.78 is 28.7. The number of amides is 2. The van der Waals surface area contributed by atoms with Crippen molar-refractivity contribution >= 4 is 73.9 Å². The number of carbonyl (C=O) groups is 2. The van der Waals surface area contributed by atoms with Crippen LogP contribution in [-0.2, 0) is 26.2 Å². The summed E-state index contributed by atoms with van der Waals surface area (Å²) in [4.78, 5) is 28.7. The minimum absolute atomic E-state index is 0.0721. The molecule has 0 aromatic heterocycles. The van der Waals surface area contributed by atoms with Crippen LogP contribution in [0.15, 0.2) is 71.6 Å². The SMILES string of the molecule is CC[C@@H](C(=O)NCC(C)C)N(Cc1c(Cl)cccc1Cl)C(=O)CN(c1cccc(Cl)c1)S(=O)(=O)c1ccc(Cl)cc1. The monoisotopic (exact) mass is 657 g/mol. The molecule has 0 unspecified atom stereocenters. The Morgan fingerprint density at radius 2 is 1.49 bits per heavy atom. The minimum atomic E-state index is -4.26. The number of hydrogen-bond donors (Lipinski definition) is 1. The molecule has 0 aliphatic carbocycles. The van der Waals surface area contributed by atoms with Crippen molar-refractivity contribution in [3.05, 3.63) is 92.4 Å². The van der Waals surface area contributed by atoms with Gasteiger partial charge in [0.05, 0.1) is 10.6 Å². The van der Waals surface area contributed by atoms with E-state index >= 15 is 0 Å². The fraction of sp³-hybridized carbons (Fsp3) is 0.310. The molecular formula is C29H31Cl4N3O4S. The summed E-state index contributed by atoms with van der Waals surface area (Å²) in [6.07, 6.45) is 0.263. The Morgan fingerprint density at radius 3 is 2.05 bits per heavy atom. The zero-order chi connectivity index (χ0) is 30.3. The number of nitrogens with one attached hydrogen (secondary N) is 1. The Kier molecular flexibility index (Phi) is 11.8. The largest absolute Gasteiger partial charge is 0.354 e. The van der Waals surface area contributed by atoms with E-state index in [1.165, 1.54) is 41.3 Å². The second-order valence-corrected chi connectivity index (χ2v) is 13.3. The minimum Gasteiger partial charge on any atom is -0.354 e. The third kappa shape index (κ3) is 8.52. The first-order valence-corrected chi connectivity index (χ1v) is 15.8. The van der Waals surface area contributed by atoms with Crippen molar-refractivity contribution in [2.75, 3.05) is 17.4 Å². The van der Waals surface area contributed by atoms with Crippen LogP contribution in [-0.4, -0.2) is 44.3 Å². The van der Waals surface area contributed by atoms with E-state index in [-0.39, 0.29) is 40.4 Å². The predicted octanol–water partition coefficient (Wildman–Crippen LogP) is 7.08. The molecule has 3 aromatic carbocycles. The van der Waals surface area contributed by atoms with Crippen molar-refractivity contribution in [3.8, 4) is 0 Å². The lowest BCUT2D eigenvalue weighted by molar-refractivity contribution is -0.140. The lowest BCUT2D eigenvalue weighted by atomic mass is 10.1. The number of rotatable bonds is 12. The smallest absolute Gasteiger partial charge is 0.264 e. The molecule has 0 saturated carbocycles. The van der Waals surface area contributed by atoms with E-state index < -0.39 is 28.5 Å². The van der Waals surface area contributed by atoms with Crippen molar-refractivity contribution in [2.24, 2.45) is 5.92 Å². The number of nitrogens with zero attached hydrogens (tertiary/aromatic N) is 2. The van der Waals surface area contributed by atoms with Gasteiger partial charge in [0.15, 0.2) is 0 Å². The summed E-state index contributed by atoms with van der Waals surface area (Å²) in [5, 5.41) is 4.14. The number of benzene rings is 3. The van der Waals surface area contributed by atoms with Crippen LogP contribution < -0.4 is 9.62 Å². The van der Waals surface area contributed by atoms with E-state index in [0.29, 0.717) is 27.2 Å². The Morgan fingerprint density at radius 1 is 0.878 bits per heavy atom. The molecule has 0 spiro atoms. The molecule has 0 aliphatic rings. The summed E-state index contributed by atoms with van der Waals surface area (Å²) >= 11 is 25.1. The molecule has 12 heteroatoms. The molecule has 2 amide bonds. The van der Waals surface area contributed by atoms with Crippen molar-refractivity contribution in [2.45, 2.75) is 44.7 Å². The van der Waals surface area contributed by atoms with E-state index in [1.54, 1.807) is 37.3 Å². The average molecular weight is 659 g/mol. The summed E-state index contributed by atoms with van der Waals surface area (Å²) in [5.74, 6) is -0.820. The third-order valence-corrected chi connectivity index (χ3v) is 9.22. The van der Waals surface area contributed by atoms with E-state index in [0.717, 1.165) is 4.31 Å². The van der Waals surface area contributed by atoms with Crippen molar-refractivity contribution in [1.82, 2.24) is 10.2 Å². The highest BCUT2D eigenvalue weighted by atomic mass is 35.5. The predicted molar refractivity (Wildman–Crippen MR) is 166 cm³/mol. The number of carbonyl (C=O) groups excluding carboxylic acids is 2. The van der Waals surface area contributed by atoms with Gasteiger partial charge in [0, 0.05) is 38.7 Å². The van der Waals surface area contributed by atoms with Crippen LogP contribution in [0, 0.1) is 5.92 Å². The van der Waals surface area contributed by atoms with Gasteiger partial charge in [0.1, 0.15) is 12.6 Å². The van der Waals surface area contributed by atoms with Crippen molar-refractivity contribution in [1.29, 1.82) is 0 Å². The van der Waals surface area contributed by atoms with Gasteiger partial charge in [-0.25, -0.2) is 8.42 Å². The maximum Gasteiger partial charge on any atom is 0.264 e. The topological polar surface area (TPSA) is 86.8 Å². The van der Waals surface area contributed by atoms with Crippen LogP contribution >= 0.6 is 46.4 Å². The van der Waals surface area contributed by atoms with Gasteiger partial charge in [-0.2, -0.15) is 0 Å². The van der Waals surface area contributed by atoms with Gasteiger partial charge in [0.2, 0.25) is 11.8 Å². The van der Waals surface area contributed by atoms with Crippen LogP contribution in [0.1, 0.15) is 32.8 Å². The average Bonchev–Trinajstić information content (AvgIpc) is 2.92. The van der Waals surface area contributed by atoms with Gasteiger partial charge in [-0.05, 0) is 66.9 Å². The van der Waals surface area contributed by atoms with Crippen LogP contribution in [0.4, 0.5) is 5.69 Å². The maximum atomic E-state index is 14.1. The molecule has 0 heterocycles. The Balaban J connectivity index is 2.09. The highest BCUT2D eigenvalue weighted by Gasteiger charge is 2.34. The van der Waals surface area contributed by atoms with Gasteiger partial charge < -0.3 is 10.2 Å². The highest BCUT2D eigenvalue weighted by Crippen LogP contribution is 2.30. The standard InChI is InChI=1S/C29H31Cl4N3O4S/c1-4-27(29(38)34-16-19(2)3)35(17-24-25(32)9-6-10-26(24)33)28(37)18-36(22-8-5-7-21(31)15-22)41(39,40)23-13-11-20(30)12-14-23/h5-15,19,27H,4,16-18H2,1-3H3,(H,34,38)/t27-/m0/s1. The molecule has 0 aliphatic heterocycles. The number of halogens is 4. The van der Waals surface area contributed by atoms with Gasteiger partial charge in [-0.3, -0.25) is 13.9 Å². The molecule has 1 atom stereocenters. The summed E-state index contributed by atoms with van der Waals surface area (Å²) in [6, 6.07) is 15.8. The molecular weight excluding hydrogens is 628 g/mol. The van der Waals surface area contributed by atoms with E-state index in [9.17, 15) is 18.0 Å². The molecule has 0 bridgehead atoms. The molecule has 220 valence electrons. The number of hydrogen-bond acceptors (Lipinski definition) is 4.